The number of aryl methyl sites for hydroxylation is 1. The summed E-state index contributed by atoms with van der Waals surface area (Å²) < 4.78 is 57.1. The Balaban J connectivity index is 1.52. The van der Waals surface area contributed by atoms with Gasteiger partial charge in [0.05, 0.1) is 25.0 Å². The number of halogens is 4. The fourth-order valence-corrected chi connectivity index (χ4v) is 3.32. The van der Waals surface area contributed by atoms with Crippen LogP contribution in [-0.4, -0.2) is 68.0 Å². The Morgan fingerprint density at radius 2 is 1.97 bits per heavy atom. The number of nitrogens with zero attached hydrogens (tertiary/aromatic N) is 5. The fraction of sp³-hybridized carbons (Fsp3) is 0.526. The number of anilines is 1. The highest BCUT2D eigenvalue weighted by Crippen LogP contribution is 2.27. The Morgan fingerprint density at radius 1 is 1.27 bits per heavy atom. The average Bonchev–Trinajstić information content (AvgIpc) is 3.21. The van der Waals surface area contributed by atoms with Crippen molar-refractivity contribution in [3.63, 3.8) is 0 Å². The molecule has 10 nitrogen and oxygen atoms in total. The molecule has 2 aromatic heterocycles. The molecule has 1 aliphatic heterocycles. The number of primary amides is 1. The summed E-state index contributed by atoms with van der Waals surface area (Å²) in [5.74, 6) is -5.40. The van der Waals surface area contributed by atoms with Gasteiger partial charge in [0.1, 0.15) is 6.17 Å². The van der Waals surface area contributed by atoms with E-state index in [0.717, 1.165) is 9.25 Å². The zero-order valence-electron chi connectivity index (χ0n) is 17.5. The van der Waals surface area contributed by atoms with Gasteiger partial charge in [-0.3, -0.25) is 19.3 Å². The quantitative estimate of drug-likeness (QED) is 0.518. The number of likely N-dealkylation sites (tertiary alicyclic amines) is 1. The second-order valence-corrected chi connectivity index (χ2v) is 7.80. The summed E-state index contributed by atoms with van der Waals surface area (Å²) in [6.45, 7) is -0.527. The van der Waals surface area contributed by atoms with E-state index in [1.54, 1.807) is 0 Å². The fourth-order valence-electron chi connectivity index (χ4n) is 3.32. The Kier molecular flexibility index (Phi) is 7.46. The van der Waals surface area contributed by atoms with Crippen molar-refractivity contribution in [2.75, 3.05) is 25.0 Å². The van der Waals surface area contributed by atoms with Crippen molar-refractivity contribution in [3.8, 4) is 0 Å². The van der Waals surface area contributed by atoms with Crippen LogP contribution in [0.2, 0.25) is 0 Å². The summed E-state index contributed by atoms with van der Waals surface area (Å²) in [5, 5.41) is 9.32. The summed E-state index contributed by atoms with van der Waals surface area (Å²) >= 11 is 0. The minimum atomic E-state index is -2.75. The number of nitrogens with one attached hydrogen (secondary N) is 1. The van der Waals surface area contributed by atoms with Crippen molar-refractivity contribution >= 4 is 17.5 Å². The van der Waals surface area contributed by atoms with E-state index in [0.29, 0.717) is 0 Å². The first-order chi connectivity index (χ1) is 15.5. The molecule has 1 saturated heterocycles. The number of piperidine rings is 1. The van der Waals surface area contributed by atoms with Gasteiger partial charge < -0.3 is 15.6 Å². The molecule has 0 aromatic carbocycles. The molecule has 1 aliphatic rings. The van der Waals surface area contributed by atoms with E-state index in [4.69, 9.17) is 5.73 Å². The third-order valence-electron chi connectivity index (χ3n) is 5.19. The molecule has 1 atom stereocenters. The van der Waals surface area contributed by atoms with Gasteiger partial charge in [0.2, 0.25) is 11.7 Å². The molecule has 0 bridgehead atoms. The summed E-state index contributed by atoms with van der Waals surface area (Å²) in [6.07, 6.45) is 0.0611. The molecule has 1 unspecified atom stereocenters. The molecule has 2 aromatic rings. The lowest BCUT2D eigenvalue weighted by Crippen LogP contribution is -2.43. The Morgan fingerprint density at radius 3 is 2.61 bits per heavy atom. The standard InChI is InChI=1S/C19H23F4N7O3/c20-12(9-30-10-14(17(24)32)26-27-30)1-5-29-6-2-13(16(21)18(29)33)25-15(31)11-28-7-3-19(22,23)4-8-28/h2,6,10,12H,1,3-5,7-9,11H2,(H2,24,32)(H,25,31). The number of pyridine rings is 1. The van der Waals surface area contributed by atoms with E-state index in [1.807, 2.05) is 0 Å². The van der Waals surface area contributed by atoms with Crippen LogP contribution in [0.5, 0.6) is 0 Å². The zero-order chi connectivity index (χ0) is 24.2. The van der Waals surface area contributed by atoms with E-state index in [2.05, 4.69) is 15.6 Å². The molecule has 1 fully saturated rings. The molecule has 0 aliphatic carbocycles. The van der Waals surface area contributed by atoms with Gasteiger partial charge in [-0.1, -0.05) is 5.21 Å². The highest BCUT2D eigenvalue weighted by Gasteiger charge is 2.34. The average molecular weight is 473 g/mol. The van der Waals surface area contributed by atoms with Crippen molar-refractivity contribution in [2.45, 2.75) is 44.4 Å². The number of alkyl halides is 3. The molecule has 180 valence electrons. The Bertz CT molecular complexity index is 1060. The van der Waals surface area contributed by atoms with Gasteiger partial charge >= 0.3 is 0 Å². The van der Waals surface area contributed by atoms with Crippen molar-refractivity contribution in [1.82, 2.24) is 24.5 Å². The van der Waals surface area contributed by atoms with E-state index in [9.17, 15) is 31.9 Å². The van der Waals surface area contributed by atoms with Crippen LogP contribution >= 0.6 is 0 Å². The lowest BCUT2D eigenvalue weighted by atomic mass is 10.1. The number of nitrogens with two attached hydrogens (primary N) is 1. The molecule has 3 rings (SSSR count). The maximum Gasteiger partial charge on any atom is 0.288 e. The molecule has 3 heterocycles. The molecule has 33 heavy (non-hydrogen) atoms. The molecular weight excluding hydrogens is 450 g/mol. The molecule has 0 spiro atoms. The first kappa shape index (κ1) is 24.4. The van der Waals surface area contributed by atoms with Crippen LogP contribution in [0.3, 0.4) is 0 Å². The van der Waals surface area contributed by atoms with E-state index in [-0.39, 0.29) is 63.4 Å². The summed E-state index contributed by atoms with van der Waals surface area (Å²) in [6, 6.07) is 1.17. The zero-order valence-corrected chi connectivity index (χ0v) is 17.5. The lowest BCUT2D eigenvalue weighted by molar-refractivity contribution is -0.119. The third-order valence-corrected chi connectivity index (χ3v) is 5.19. The van der Waals surface area contributed by atoms with E-state index in [1.165, 1.54) is 23.4 Å². The third kappa shape index (κ3) is 6.60. The molecule has 0 saturated carbocycles. The first-order valence-corrected chi connectivity index (χ1v) is 10.2. The van der Waals surface area contributed by atoms with Gasteiger partial charge in [-0.05, 0) is 12.5 Å². The highest BCUT2D eigenvalue weighted by atomic mass is 19.3. The van der Waals surface area contributed by atoms with Crippen molar-refractivity contribution in [3.05, 3.63) is 40.3 Å². The molecular formula is C19H23F4N7O3. The molecule has 3 N–H and O–H groups in total. The van der Waals surface area contributed by atoms with E-state index >= 15 is 0 Å². The van der Waals surface area contributed by atoms with Crippen LogP contribution in [0.4, 0.5) is 23.2 Å². The monoisotopic (exact) mass is 473 g/mol. The molecule has 14 heteroatoms. The van der Waals surface area contributed by atoms with Crippen LogP contribution in [-0.2, 0) is 17.9 Å². The summed E-state index contributed by atoms with van der Waals surface area (Å²) in [5.41, 5.74) is 3.54. The van der Waals surface area contributed by atoms with Gasteiger partial charge in [-0.25, -0.2) is 17.9 Å². The van der Waals surface area contributed by atoms with Gasteiger partial charge in [-0.2, -0.15) is 4.39 Å². The van der Waals surface area contributed by atoms with Crippen LogP contribution in [0.25, 0.3) is 0 Å². The maximum absolute atomic E-state index is 14.4. The van der Waals surface area contributed by atoms with Gasteiger partial charge in [-0.15, -0.1) is 5.10 Å². The van der Waals surface area contributed by atoms with Crippen LogP contribution in [0, 0.1) is 5.82 Å². The SMILES string of the molecule is NC(=O)c1cn(CC(F)CCn2ccc(NC(=O)CN3CCC(F)(F)CC3)c(F)c2=O)nn1. The highest BCUT2D eigenvalue weighted by molar-refractivity contribution is 5.92. The predicted molar refractivity (Wildman–Crippen MR) is 108 cm³/mol. The number of carbonyl (C=O) groups is 2. The largest absolute Gasteiger partial charge is 0.364 e. The smallest absolute Gasteiger partial charge is 0.288 e. The number of aromatic nitrogens is 4. The van der Waals surface area contributed by atoms with Crippen LogP contribution in [0.15, 0.2) is 23.3 Å². The van der Waals surface area contributed by atoms with Crippen molar-refractivity contribution < 1.29 is 27.2 Å². The predicted octanol–water partition coefficient (Wildman–Crippen LogP) is 0.776. The molecule has 2 amide bonds. The Hall–Kier alpha value is -3.29. The second kappa shape index (κ2) is 10.1. The Labute approximate surface area is 185 Å². The number of carbonyl (C=O) groups excluding carboxylic acids is 2. The van der Waals surface area contributed by atoms with Crippen molar-refractivity contribution in [1.29, 1.82) is 0 Å². The number of hydrogen-bond donors (Lipinski definition) is 2. The number of amides is 2. The van der Waals surface area contributed by atoms with Crippen LogP contribution in [0.1, 0.15) is 29.8 Å². The van der Waals surface area contributed by atoms with Crippen molar-refractivity contribution in [2.24, 2.45) is 5.73 Å². The van der Waals surface area contributed by atoms with E-state index < -0.39 is 35.3 Å². The first-order valence-electron chi connectivity index (χ1n) is 10.2. The number of rotatable bonds is 9. The topological polar surface area (TPSA) is 128 Å². The molecule has 0 radical (unpaired) electrons. The normalized spacial score (nSPS) is 17.0. The van der Waals surface area contributed by atoms with Gasteiger partial charge in [0, 0.05) is 38.7 Å². The minimum Gasteiger partial charge on any atom is -0.364 e. The minimum absolute atomic E-state index is 0.0351. The lowest BCUT2D eigenvalue weighted by Gasteiger charge is -2.31. The summed E-state index contributed by atoms with van der Waals surface area (Å²) in [7, 11) is 0. The second-order valence-electron chi connectivity index (χ2n) is 7.80. The summed E-state index contributed by atoms with van der Waals surface area (Å²) in [4.78, 5) is 36.8. The number of hydrogen-bond acceptors (Lipinski definition) is 6. The van der Waals surface area contributed by atoms with Crippen LogP contribution < -0.4 is 16.6 Å². The maximum atomic E-state index is 14.4. The van der Waals surface area contributed by atoms with Gasteiger partial charge in [0.25, 0.3) is 17.4 Å². The van der Waals surface area contributed by atoms with Gasteiger partial charge in [0.15, 0.2) is 5.69 Å².